The third kappa shape index (κ3) is 4.23. The molecule has 3 N–H and O–H groups in total. The molecular weight excluding hydrogens is 350 g/mol. The van der Waals surface area contributed by atoms with Crippen LogP contribution in [-0.2, 0) is 0 Å². The first-order chi connectivity index (χ1) is 12.9. The summed E-state index contributed by atoms with van der Waals surface area (Å²) < 4.78 is 12.6. The summed E-state index contributed by atoms with van der Waals surface area (Å²) in [5.41, 5.74) is 0.266. The van der Waals surface area contributed by atoms with E-state index in [9.17, 15) is 15.0 Å². The number of ether oxygens (including phenoxy) is 2. The van der Waals surface area contributed by atoms with Crippen LogP contribution in [0.1, 0.15) is 36.8 Å². The molecule has 2 aromatic rings. The Bertz CT molecular complexity index is 791. The van der Waals surface area contributed by atoms with Gasteiger partial charge in [0, 0.05) is 24.7 Å². The monoisotopic (exact) mass is 375 g/mol. The minimum Gasteiger partial charge on any atom is -0.497 e. The van der Waals surface area contributed by atoms with Gasteiger partial charge in [-0.25, -0.2) is 0 Å². The molecule has 1 aliphatic carbocycles. The van der Waals surface area contributed by atoms with Crippen molar-refractivity contribution in [2.24, 2.45) is 0 Å². The molecule has 0 aliphatic heterocycles. The summed E-state index contributed by atoms with van der Waals surface area (Å²) in [7, 11) is 1.56. The molecule has 0 bridgehead atoms. The van der Waals surface area contributed by atoms with E-state index in [0.717, 1.165) is 0 Å². The normalized spacial score (nSPS) is 24.8. The summed E-state index contributed by atoms with van der Waals surface area (Å²) in [6.45, 7) is 3.93. The molecule has 1 aliphatic rings. The van der Waals surface area contributed by atoms with Gasteiger partial charge >= 0.3 is 0 Å². The largest absolute Gasteiger partial charge is 0.497 e. The van der Waals surface area contributed by atoms with E-state index in [1.54, 1.807) is 48.3 Å². The van der Waals surface area contributed by atoms with Gasteiger partial charge in [-0.2, -0.15) is 5.10 Å². The molecule has 0 unspecified atom stereocenters. The summed E-state index contributed by atoms with van der Waals surface area (Å²) in [5.74, 6) is 0.757. The van der Waals surface area contributed by atoms with E-state index in [0.29, 0.717) is 11.5 Å². The Morgan fingerprint density at radius 1 is 1.26 bits per heavy atom. The van der Waals surface area contributed by atoms with E-state index in [-0.39, 0.29) is 18.2 Å². The SMILES string of the molecule is COc1cccc(O[C@@H]2C[C@@H](NC(=O)c3ccn(C(C)C)n3)[C@H](O)[C@H]2O)c1. The molecule has 1 heterocycles. The molecule has 146 valence electrons. The van der Waals surface area contributed by atoms with Crippen molar-refractivity contribution in [3.63, 3.8) is 0 Å². The van der Waals surface area contributed by atoms with Gasteiger partial charge in [0.2, 0.25) is 0 Å². The van der Waals surface area contributed by atoms with Crippen molar-refractivity contribution in [2.45, 2.75) is 50.7 Å². The summed E-state index contributed by atoms with van der Waals surface area (Å²) in [4.78, 5) is 12.4. The highest BCUT2D eigenvalue weighted by molar-refractivity contribution is 5.92. The van der Waals surface area contributed by atoms with Crippen LogP contribution in [0.2, 0.25) is 0 Å². The lowest BCUT2D eigenvalue weighted by molar-refractivity contribution is -0.0135. The zero-order valence-corrected chi connectivity index (χ0v) is 15.6. The van der Waals surface area contributed by atoms with Crippen LogP contribution < -0.4 is 14.8 Å². The first-order valence-electron chi connectivity index (χ1n) is 8.92. The van der Waals surface area contributed by atoms with E-state index in [4.69, 9.17) is 9.47 Å². The van der Waals surface area contributed by atoms with Crippen LogP contribution in [0.3, 0.4) is 0 Å². The fraction of sp³-hybridized carbons (Fsp3) is 0.474. The second kappa shape index (κ2) is 7.98. The third-order valence-corrected chi connectivity index (χ3v) is 4.64. The van der Waals surface area contributed by atoms with Crippen molar-refractivity contribution in [1.29, 1.82) is 0 Å². The summed E-state index contributed by atoms with van der Waals surface area (Å²) in [6, 6.07) is 8.13. The van der Waals surface area contributed by atoms with E-state index in [2.05, 4.69) is 10.4 Å². The molecule has 1 aromatic heterocycles. The van der Waals surface area contributed by atoms with Gasteiger partial charge in [0.1, 0.15) is 35.5 Å². The molecule has 1 fully saturated rings. The van der Waals surface area contributed by atoms with Crippen molar-refractivity contribution in [3.05, 3.63) is 42.2 Å². The smallest absolute Gasteiger partial charge is 0.272 e. The highest BCUT2D eigenvalue weighted by atomic mass is 16.5. The maximum absolute atomic E-state index is 12.4. The number of aromatic nitrogens is 2. The van der Waals surface area contributed by atoms with Gasteiger partial charge in [-0.3, -0.25) is 9.48 Å². The quantitative estimate of drug-likeness (QED) is 0.699. The number of aliphatic hydroxyl groups is 2. The Labute approximate surface area is 157 Å². The van der Waals surface area contributed by atoms with E-state index < -0.39 is 30.3 Å². The van der Waals surface area contributed by atoms with Crippen LogP contribution in [0.15, 0.2) is 36.5 Å². The predicted molar refractivity (Wildman–Crippen MR) is 97.9 cm³/mol. The minimum absolute atomic E-state index is 0.145. The van der Waals surface area contributed by atoms with Crippen LogP contribution in [0.5, 0.6) is 11.5 Å². The van der Waals surface area contributed by atoms with Crippen molar-refractivity contribution in [1.82, 2.24) is 15.1 Å². The van der Waals surface area contributed by atoms with Gasteiger partial charge in [0.15, 0.2) is 0 Å². The zero-order valence-electron chi connectivity index (χ0n) is 15.6. The highest BCUT2D eigenvalue weighted by Gasteiger charge is 2.44. The number of benzene rings is 1. The topological polar surface area (TPSA) is 106 Å². The molecule has 1 saturated carbocycles. The van der Waals surface area contributed by atoms with Crippen LogP contribution in [0.4, 0.5) is 0 Å². The van der Waals surface area contributed by atoms with Crippen LogP contribution in [0.25, 0.3) is 0 Å². The Hall–Kier alpha value is -2.58. The van der Waals surface area contributed by atoms with Gasteiger partial charge in [-0.05, 0) is 32.0 Å². The van der Waals surface area contributed by atoms with Crippen molar-refractivity contribution < 1.29 is 24.5 Å². The van der Waals surface area contributed by atoms with Gasteiger partial charge in [-0.1, -0.05) is 6.07 Å². The number of nitrogens with one attached hydrogen (secondary N) is 1. The second-order valence-electron chi connectivity index (χ2n) is 6.91. The molecule has 0 radical (unpaired) electrons. The molecule has 8 heteroatoms. The molecule has 1 aromatic carbocycles. The lowest BCUT2D eigenvalue weighted by Gasteiger charge is -2.18. The van der Waals surface area contributed by atoms with Crippen molar-refractivity contribution in [2.75, 3.05) is 7.11 Å². The van der Waals surface area contributed by atoms with Gasteiger partial charge in [0.25, 0.3) is 5.91 Å². The summed E-state index contributed by atoms with van der Waals surface area (Å²) in [6.07, 6.45) is -0.887. The second-order valence-corrected chi connectivity index (χ2v) is 6.91. The van der Waals surface area contributed by atoms with Gasteiger partial charge in [-0.15, -0.1) is 0 Å². The molecule has 0 spiro atoms. The number of methoxy groups -OCH3 is 1. The number of rotatable bonds is 6. The Balaban J connectivity index is 1.64. The molecule has 3 rings (SSSR count). The van der Waals surface area contributed by atoms with E-state index in [1.165, 1.54) is 0 Å². The van der Waals surface area contributed by atoms with Gasteiger partial charge < -0.3 is 25.0 Å². The summed E-state index contributed by atoms with van der Waals surface area (Å²) >= 11 is 0. The maximum Gasteiger partial charge on any atom is 0.272 e. The Morgan fingerprint density at radius 2 is 2.00 bits per heavy atom. The van der Waals surface area contributed by atoms with Gasteiger partial charge in [0.05, 0.1) is 13.2 Å². The highest BCUT2D eigenvalue weighted by Crippen LogP contribution is 2.28. The molecule has 0 saturated heterocycles. The average molecular weight is 375 g/mol. The minimum atomic E-state index is -1.13. The van der Waals surface area contributed by atoms with E-state index in [1.807, 2.05) is 13.8 Å². The number of carbonyl (C=O) groups is 1. The molecule has 1 amide bonds. The molecule has 27 heavy (non-hydrogen) atoms. The Morgan fingerprint density at radius 3 is 2.67 bits per heavy atom. The third-order valence-electron chi connectivity index (χ3n) is 4.64. The average Bonchev–Trinajstić information content (AvgIpc) is 3.24. The Kier molecular flexibility index (Phi) is 5.67. The van der Waals surface area contributed by atoms with Crippen LogP contribution in [0, 0.1) is 0 Å². The number of carbonyl (C=O) groups excluding carboxylic acids is 1. The fourth-order valence-corrected chi connectivity index (χ4v) is 3.09. The van der Waals surface area contributed by atoms with Crippen molar-refractivity contribution >= 4 is 5.91 Å². The number of hydrogen-bond acceptors (Lipinski definition) is 6. The molecular formula is C19H25N3O5. The number of aliphatic hydroxyl groups excluding tert-OH is 2. The first-order valence-corrected chi connectivity index (χ1v) is 8.92. The molecule has 4 atom stereocenters. The first kappa shape index (κ1) is 19.2. The fourth-order valence-electron chi connectivity index (χ4n) is 3.09. The maximum atomic E-state index is 12.4. The van der Waals surface area contributed by atoms with Crippen LogP contribution >= 0.6 is 0 Å². The number of hydrogen-bond donors (Lipinski definition) is 3. The van der Waals surface area contributed by atoms with Crippen molar-refractivity contribution in [3.8, 4) is 11.5 Å². The van der Waals surface area contributed by atoms with E-state index >= 15 is 0 Å². The van der Waals surface area contributed by atoms with Crippen LogP contribution in [-0.4, -0.2) is 57.4 Å². The number of amides is 1. The number of nitrogens with zero attached hydrogens (tertiary/aromatic N) is 2. The predicted octanol–water partition coefficient (Wildman–Crippen LogP) is 1.14. The standard InChI is InChI=1S/C19H25N3O5/c1-11(2)22-8-7-14(21-22)19(25)20-15-10-16(18(24)17(15)23)27-13-6-4-5-12(9-13)26-3/h4-9,11,15-18,23-24H,10H2,1-3H3,(H,20,25)/t15-,16-,17+,18+/m1/s1. The summed E-state index contributed by atoms with van der Waals surface area (Å²) in [5, 5.41) is 27.6. The lowest BCUT2D eigenvalue weighted by Crippen LogP contribution is -2.43. The lowest BCUT2D eigenvalue weighted by atomic mass is 10.2. The molecule has 8 nitrogen and oxygen atoms in total. The zero-order chi connectivity index (χ0) is 19.6.